The third-order valence-electron chi connectivity index (χ3n) is 9.65. The molecule has 8 aromatic carbocycles. The van der Waals surface area contributed by atoms with Gasteiger partial charge in [0.1, 0.15) is 5.58 Å². The predicted octanol–water partition coefficient (Wildman–Crippen LogP) is 14.7. The lowest BCUT2D eigenvalue weighted by molar-refractivity contribution is 0.669. The lowest BCUT2D eigenvalue weighted by atomic mass is 10.0. The number of benzene rings is 8. The van der Waals surface area contributed by atoms with Crippen molar-refractivity contribution in [1.29, 1.82) is 0 Å². The minimum absolute atomic E-state index is 0.682. The molecule has 0 saturated carbocycles. The summed E-state index contributed by atoms with van der Waals surface area (Å²) in [5.41, 5.74) is 7.97. The molecule has 0 aliphatic carbocycles. The molecular weight excluding hydrogens is 664 g/mol. The number of para-hydroxylation sites is 5. The van der Waals surface area contributed by atoms with Crippen LogP contribution in [0.2, 0.25) is 5.02 Å². The Bertz CT molecular complexity index is 2840. The molecule has 0 unspecified atom stereocenters. The number of rotatable bonds is 6. The maximum atomic E-state index is 7.06. The average molecular weight is 693 g/mol. The third kappa shape index (κ3) is 4.87. The van der Waals surface area contributed by atoms with Crippen LogP contribution in [0.1, 0.15) is 0 Å². The largest absolute Gasteiger partial charge is 0.454 e. The van der Waals surface area contributed by atoms with Crippen LogP contribution in [0.25, 0.3) is 52.9 Å². The molecule has 0 atom stereocenters. The number of furan rings is 1. The molecule has 2 heterocycles. The van der Waals surface area contributed by atoms with E-state index in [-0.39, 0.29) is 0 Å². The zero-order valence-corrected chi connectivity index (χ0v) is 28.9. The fraction of sp³-hybridized carbons (Fsp3) is 0. The van der Waals surface area contributed by atoms with Gasteiger partial charge in [-0.25, -0.2) is 0 Å². The highest BCUT2D eigenvalue weighted by atomic mass is 35.5. The lowest BCUT2D eigenvalue weighted by Gasteiger charge is -2.28. The monoisotopic (exact) mass is 692 g/mol. The van der Waals surface area contributed by atoms with Gasteiger partial charge >= 0.3 is 0 Å². The van der Waals surface area contributed by atoms with Crippen LogP contribution in [0.15, 0.2) is 180 Å². The van der Waals surface area contributed by atoms with Crippen molar-refractivity contribution in [2.45, 2.75) is 0 Å². The highest BCUT2D eigenvalue weighted by Gasteiger charge is 2.25. The van der Waals surface area contributed by atoms with E-state index in [0.717, 1.165) is 66.1 Å². The first-order chi connectivity index (χ1) is 25.2. The molecule has 0 aliphatic heterocycles. The maximum absolute atomic E-state index is 7.06. The van der Waals surface area contributed by atoms with Crippen LogP contribution in [0, 0.1) is 0 Å². The number of hydrogen-bond acceptors (Lipinski definition) is 4. The average Bonchev–Trinajstić information content (AvgIpc) is 3.75. The summed E-state index contributed by atoms with van der Waals surface area (Å²) in [4.78, 5) is 4.68. The minimum atomic E-state index is 0.682. The molecule has 3 nitrogen and oxygen atoms in total. The highest BCUT2D eigenvalue weighted by Crippen LogP contribution is 2.52. The van der Waals surface area contributed by atoms with Gasteiger partial charge in [-0.15, -0.1) is 11.3 Å². The number of fused-ring (bicyclic) bond motifs is 8. The molecule has 242 valence electrons. The molecule has 51 heavy (non-hydrogen) atoms. The van der Waals surface area contributed by atoms with Crippen LogP contribution in [0.4, 0.5) is 34.1 Å². The van der Waals surface area contributed by atoms with Gasteiger partial charge in [0.25, 0.3) is 0 Å². The van der Waals surface area contributed by atoms with Gasteiger partial charge in [-0.1, -0.05) is 121 Å². The van der Waals surface area contributed by atoms with Gasteiger partial charge in [0.05, 0.1) is 17.1 Å². The molecule has 0 saturated heterocycles. The Morgan fingerprint density at radius 3 is 1.69 bits per heavy atom. The van der Waals surface area contributed by atoms with Gasteiger partial charge in [-0.2, -0.15) is 0 Å². The number of anilines is 6. The normalized spacial score (nSPS) is 11.6. The Labute approximate surface area is 303 Å². The van der Waals surface area contributed by atoms with Crippen molar-refractivity contribution in [2.75, 3.05) is 9.80 Å². The smallest absolute Gasteiger partial charge is 0.159 e. The predicted molar refractivity (Wildman–Crippen MR) is 218 cm³/mol. The van der Waals surface area contributed by atoms with E-state index >= 15 is 0 Å². The summed E-state index contributed by atoms with van der Waals surface area (Å²) in [6, 6.07) is 61.7. The van der Waals surface area contributed by atoms with Crippen molar-refractivity contribution in [3.8, 4) is 0 Å². The quantitative estimate of drug-likeness (QED) is 0.173. The lowest BCUT2D eigenvalue weighted by Crippen LogP contribution is -2.11. The molecule has 0 fully saturated rings. The van der Waals surface area contributed by atoms with Crippen molar-refractivity contribution >= 4 is 110 Å². The zero-order chi connectivity index (χ0) is 33.9. The topological polar surface area (TPSA) is 19.6 Å². The molecule has 0 amide bonds. The molecule has 0 aliphatic rings. The van der Waals surface area contributed by atoms with Crippen LogP contribution < -0.4 is 9.80 Å². The van der Waals surface area contributed by atoms with Crippen LogP contribution in [0.5, 0.6) is 0 Å². The SMILES string of the molecule is Clc1cc(N(c2ccccc2)c2cccc3c2oc2ccccc23)c2c(c1)sc1c3ccccc3c(N(c3ccccc3)c3ccccc3)cc12. The molecule has 0 radical (unpaired) electrons. The summed E-state index contributed by atoms with van der Waals surface area (Å²) < 4.78 is 9.00. The highest BCUT2D eigenvalue weighted by molar-refractivity contribution is 7.26. The molecule has 10 aromatic rings. The van der Waals surface area contributed by atoms with E-state index < -0.39 is 0 Å². The van der Waals surface area contributed by atoms with Gasteiger partial charge in [0.2, 0.25) is 0 Å². The zero-order valence-electron chi connectivity index (χ0n) is 27.3. The maximum Gasteiger partial charge on any atom is 0.159 e. The number of hydrogen-bond donors (Lipinski definition) is 0. The van der Waals surface area contributed by atoms with E-state index in [0.29, 0.717) is 5.02 Å². The Morgan fingerprint density at radius 2 is 1.00 bits per heavy atom. The molecule has 0 spiro atoms. The summed E-state index contributed by atoms with van der Waals surface area (Å²) in [6.07, 6.45) is 0. The van der Waals surface area contributed by atoms with E-state index in [1.807, 2.05) is 12.1 Å². The van der Waals surface area contributed by atoms with Crippen molar-refractivity contribution in [1.82, 2.24) is 0 Å². The Balaban J connectivity index is 1.32. The van der Waals surface area contributed by atoms with E-state index in [2.05, 4.69) is 174 Å². The summed E-state index contributed by atoms with van der Waals surface area (Å²) >= 11 is 8.85. The summed E-state index contributed by atoms with van der Waals surface area (Å²) in [7, 11) is 0. The second-order valence-corrected chi connectivity index (χ2v) is 14.1. The molecular formula is C46H29ClN2OS. The van der Waals surface area contributed by atoms with Gasteiger partial charge in [-0.3, -0.25) is 0 Å². The van der Waals surface area contributed by atoms with Crippen molar-refractivity contribution in [3.63, 3.8) is 0 Å². The Morgan fingerprint density at radius 1 is 0.431 bits per heavy atom. The Hall–Kier alpha value is -6.07. The van der Waals surface area contributed by atoms with E-state index in [1.165, 1.54) is 20.9 Å². The van der Waals surface area contributed by atoms with Gasteiger partial charge < -0.3 is 14.2 Å². The third-order valence-corrected chi connectivity index (χ3v) is 11.1. The van der Waals surface area contributed by atoms with E-state index in [1.54, 1.807) is 11.3 Å². The van der Waals surface area contributed by atoms with Crippen LogP contribution in [-0.2, 0) is 0 Å². The second kappa shape index (κ2) is 12.1. The number of halogens is 1. The number of nitrogens with zero attached hydrogens (tertiary/aromatic N) is 2. The van der Waals surface area contributed by atoms with Crippen molar-refractivity contribution in [2.24, 2.45) is 0 Å². The van der Waals surface area contributed by atoms with Crippen LogP contribution >= 0.6 is 22.9 Å². The van der Waals surface area contributed by atoms with Crippen LogP contribution in [0.3, 0.4) is 0 Å². The Kier molecular flexibility index (Phi) is 7.05. The number of thiophene rings is 1. The standard InChI is InChI=1S/C46H29ClN2OS/c47-30-27-41(49(33-19-8-3-9-20-33)39-25-14-24-36-35-22-12-13-26-42(35)50-45(36)39)44-38-29-40(34-21-10-11-23-37(34)46(38)51-43(44)28-30)48(31-15-4-1-5-16-31)32-17-6-2-7-18-32/h1-29H. The summed E-state index contributed by atoms with van der Waals surface area (Å²) in [5.74, 6) is 0. The van der Waals surface area contributed by atoms with Gasteiger partial charge in [0, 0.05) is 63.8 Å². The second-order valence-electron chi connectivity index (χ2n) is 12.6. The first kappa shape index (κ1) is 29.8. The van der Waals surface area contributed by atoms with Crippen molar-refractivity contribution in [3.05, 3.63) is 181 Å². The molecule has 0 N–H and O–H groups in total. The first-order valence-corrected chi connectivity index (χ1v) is 18.2. The van der Waals surface area contributed by atoms with E-state index in [4.69, 9.17) is 16.0 Å². The van der Waals surface area contributed by atoms with Crippen LogP contribution in [-0.4, -0.2) is 0 Å². The molecule has 10 rings (SSSR count). The molecule has 0 bridgehead atoms. The summed E-state index contributed by atoms with van der Waals surface area (Å²) in [5, 5.41) is 7.56. The molecule has 2 aromatic heterocycles. The van der Waals surface area contributed by atoms with Gasteiger partial charge in [0.15, 0.2) is 5.58 Å². The molecule has 5 heteroatoms. The van der Waals surface area contributed by atoms with E-state index in [9.17, 15) is 0 Å². The fourth-order valence-corrected chi connectivity index (χ4v) is 9.05. The van der Waals surface area contributed by atoms with Crippen molar-refractivity contribution < 1.29 is 4.42 Å². The van der Waals surface area contributed by atoms with Gasteiger partial charge in [-0.05, 0) is 66.7 Å². The minimum Gasteiger partial charge on any atom is -0.454 e. The summed E-state index contributed by atoms with van der Waals surface area (Å²) in [6.45, 7) is 0. The fourth-order valence-electron chi connectivity index (χ4n) is 7.49. The first-order valence-electron chi connectivity index (χ1n) is 17.0.